The van der Waals surface area contributed by atoms with Crippen LogP contribution in [0.4, 0.5) is 0 Å². The van der Waals surface area contributed by atoms with Crippen molar-refractivity contribution in [3.63, 3.8) is 0 Å². The first-order valence-electron chi connectivity index (χ1n) is 7.65. The molecule has 1 aliphatic rings. The van der Waals surface area contributed by atoms with Gasteiger partial charge in [-0.05, 0) is 47.6 Å². The molecular formula is C19H21NO. The van der Waals surface area contributed by atoms with Gasteiger partial charge in [0.1, 0.15) is 0 Å². The molecule has 21 heavy (non-hydrogen) atoms. The molecule has 1 amide bonds. The van der Waals surface area contributed by atoms with Crippen LogP contribution in [-0.2, 0) is 0 Å². The van der Waals surface area contributed by atoms with Gasteiger partial charge in [0.2, 0.25) is 0 Å². The Kier molecular flexibility index (Phi) is 3.78. The van der Waals surface area contributed by atoms with E-state index in [9.17, 15) is 4.79 Å². The van der Waals surface area contributed by atoms with Gasteiger partial charge >= 0.3 is 0 Å². The van der Waals surface area contributed by atoms with Crippen molar-refractivity contribution < 1.29 is 4.79 Å². The molecule has 0 saturated heterocycles. The van der Waals surface area contributed by atoms with E-state index in [4.69, 9.17) is 0 Å². The first-order chi connectivity index (χ1) is 10.1. The zero-order chi connectivity index (χ0) is 14.8. The molecule has 2 heteroatoms. The predicted molar refractivity (Wildman–Crippen MR) is 86.5 cm³/mol. The second kappa shape index (κ2) is 5.72. The highest BCUT2D eigenvalue weighted by Crippen LogP contribution is 2.29. The second-order valence-electron chi connectivity index (χ2n) is 6.07. The molecule has 0 bridgehead atoms. The highest BCUT2D eigenvalue weighted by molar-refractivity contribution is 5.95. The van der Waals surface area contributed by atoms with Gasteiger partial charge in [0.05, 0.1) is 0 Å². The second-order valence-corrected chi connectivity index (χ2v) is 6.07. The quantitative estimate of drug-likeness (QED) is 0.884. The summed E-state index contributed by atoms with van der Waals surface area (Å²) in [5.74, 6) is 0.528. The van der Waals surface area contributed by atoms with Gasteiger partial charge in [-0.1, -0.05) is 50.2 Å². The third-order valence-electron chi connectivity index (χ3n) is 3.95. The van der Waals surface area contributed by atoms with E-state index in [2.05, 4.69) is 43.4 Å². The third kappa shape index (κ3) is 3.15. The van der Waals surface area contributed by atoms with Gasteiger partial charge in [-0.15, -0.1) is 0 Å². The van der Waals surface area contributed by atoms with Crippen molar-refractivity contribution in [2.75, 3.05) is 0 Å². The summed E-state index contributed by atoms with van der Waals surface area (Å²) in [4.78, 5) is 12.0. The third-order valence-corrected chi connectivity index (χ3v) is 3.95. The van der Waals surface area contributed by atoms with E-state index in [1.54, 1.807) is 0 Å². The van der Waals surface area contributed by atoms with E-state index >= 15 is 0 Å². The fourth-order valence-corrected chi connectivity index (χ4v) is 2.56. The van der Waals surface area contributed by atoms with E-state index < -0.39 is 0 Å². The standard InChI is InChI=1S/C19H21NO/c1-13(2)17-5-3-4-6-18(17)14-7-9-15(10-8-14)19(21)20-16-11-12-16/h3-10,13,16H,11-12H2,1-2H3,(H,20,21). The highest BCUT2D eigenvalue weighted by Gasteiger charge is 2.23. The molecule has 3 rings (SSSR count). The van der Waals surface area contributed by atoms with E-state index in [1.807, 2.05) is 24.3 Å². The average molecular weight is 279 g/mol. The minimum absolute atomic E-state index is 0.0428. The molecule has 0 radical (unpaired) electrons. The number of carbonyl (C=O) groups is 1. The number of nitrogens with one attached hydrogen (secondary N) is 1. The van der Waals surface area contributed by atoms with Crippen LogP contribution in [0.3, 0.4) is 0 Å². The minimum atomic E-state index is 0.0428. The molecule has 0 aliphatic heterocycles. The minimum Gasteiger partial charge on any atom is -0.349 e. The zero-order valence-corrected chi connectivity index (χ0v) is 12.6. The van der Waals surface area contributed by atoms with Crippen molar-refractivity contribution in [3.05, 3.63) is 59.7 Å². The van der Waals surface area contributed by atoms with Crippen LogP contribution in [0, 0.1) is 0 Å². The number of carbonyl (C=O) groups excluding carboxylic acids is 1. The summed E-state index contributed by atoms with van der Waals surface area (Å²) in [7, 11) is 0. The summed E-state index contributed by atoms with van der Waals surface area (Å²) in [6, 6.07) is 16.8. The zero-order valence-electron chi connectivity index (χ0n) is 12.6. The fraction of sp³-hybridized carbons (Fsp3) is 0.316. The van der Waals surface area contributed by atoms with Crippen molar-refractivity contribution in [1.29, 1.82) is 0 Å². The molecule has 1 fully saturated rings. The summed E-state index contributed by atoms with van der Waals surface area (Å²) in [5, 5.41) is 3.02. The first-order valence-corrected chi connectivity index (χ1v) is 7.65. The summed E-state index contributed by atoms with van der Waals surface area (Å²) < 4.78 is 0. The first kappa shape index (κ1) is 13.9. The SMILES string of the molecule is CC(C)c1ccccc1-c1ccc(C(=O)NC2CC2)cc1. The number of hydrogen-bond donors (Lipinski definition) is 1. The Morgan fingerprint density at radius 1 is 1.05 bits per heavy atom. The average Bonchev–Trinajstić information content (AvgIpc) is 3.31. The van der Waals surface area contributed by atoms with Gasteiger partial charge in [0.25, 0.3) is 5.91 Å². The van der Waals surface area contributed by atoms with Crippen LogP contribution in [0.25, 0.3) is 11.1 Å². The molecule has 0 aromatic heterocycles. The fourth-order valence-electron chi connectivity index (χ4n) is 2.56. The maximum Gasteiger partial charge on any atom is 0.251 e. The van der Waals surface area contributed by atoms with E-state index in [1.165, 1.54) is 16.7 Å². The largest absolute Gasteiger partial charge is 0.349 e. The number of benzene rings is 2. The lowest BCUT2D eigenvalue weighted by Gasteiger charge is -2.13. The van der Waals surface area contributed by atoms with Gasteiger partial charge in [-0.25, -0.2) is 0 Å². The molecular weight excluding hydrogens is 258 g/mol. The van der Waals surface area contributed by atoms with Gasteiger partial charge in [-0.2, -0.15) is 0 Å². The Morgan fingerprint density at radius 2 is 1.71 bits per heavy atom. The molecule has 108 valence electrons. The normalized spacial score (nSPS) is 14.2. The van der Waals surface area contributed by atoms with Crippen LogP contribution in [-0.4, -0.2) is 11.9 Å². The Bertz CT molecular complexity index is 639. The molecule has 2 aromatic rings. The topological polar surface area (TPSA) is 29.1 Å². The number of rotatable bonds is 4. The van der Waals surface area contributed by atoms with Gasteiger partial charge in [0, 0.05) is 11.6 Å². The van der Waals surface area contributed by atoms with Gasteiger partial charge in [-0.3, -0.25) is 4.79 Å². The van der Waals surface area contributed by atoms with E-state index in [-0.39, 0.29) is 5.91 Å². The molecule has 2 nitrogen and oxygen atoms in total. The molecule has 0 atom stereocenters. The van der Waals surface area contributed by atoms with Crippen LogP contribution >= 0.6 is 0 Å². The van der Waals surface area contributed by atoms with Crippen molar-refractivity contribution >= 4 is 5.91 Å². The molecule has 0 heterocycles. The van der Waals surface area contributed by atoms with Gasteiger partial charge in [0.15, 0.2) is 0 Å². The number of amides is 1. The predicted octanol–water partition coefficient (Wildman–Crippen LogP) is 4.37. The Hall–Kier alpha value is -2.09. The van der Waals surface area contributed by atoms with Crippen molar-refractivity contribution in [2.45, 2.75) is 38.6 Å². The molecule has 0 spiro atoms. The van der Waals surface area contributed by atoms with E-state index in [0.717, 1.165) is 18.4 Å². The Labute approximate surface area is 126 Å². The maximum atomic E-state index is 12.0. The summed E-state index contributed by atoms with van der Waals surface area (Å²) in [6.45, 7) is 4.41. The molecule has 1 N–H and O–H groups in total. The lowest BCUT2D eigenvalue weighted by atomic mass is 9.92. The van der Waals surface area contributed by atoms with Crippen molar-refractivity contribution in [3.8, 4) is 11.1 Å². The Balaban J connectivity index is 1.85. The lowest BCUT2D eigenvalue weighted by Crippen LogP contribution is -2.25. The van der Waals surface area contributed by atoms with Crippen molar-refractivity contribution in [1.82, 2.24) is 5.32 Å². The summed E-state index contributed by atoms with van der Waals surface area (Å²) >= 11 is 0. The van der Waals surface area contributed by atoms with E-state index in [0.29, 0.717) is 12.0 Å². The highest BCUT2D eigenvalue weighted by atomic mass is 16.1. The molecule has 1 aliphatic carbocycles. The Morgan fingerprint density at radius 3 is 2.33 bits per heavy atom. The van der Waals surface area contributed by atoms with Gasteiger partial charge < -0.3 is 5.32 Å². The number of hydrogen-bond acceptors (Lipinski definition) is 1. The van der Waals surface area contributed by atoms with Crippen LogP contribution < -0.4 is 5.32 Å². The van der Waals surface area contributed by atoms with Crippen LogP contribution in [0.2, 0.25) is 0 Å². The molecule has 0 unspecified atom stereocenters. The lowest BCUT2D eigenvalue weighted by molar-refractivity contribution is 0.0951. The summed E-state index contributed by atoms with van der Waals surface area (Å²) in [6.07, 6.45) is 2.23. The van der Waals surface area contributed by atoms with Crippen molar-refractivity contribution in [2.24, 2.45) is 0 Å². The smallest absolute Gasteiger partial charge is 0.251 e. The maximum absolute atomic E-state index is 12.0. The van der Waals surface area contributed by atoms with Crippen LogP contribution in [0.15, 0.2) is 48.5 Å². The molecule has 2 aromatic carbocycles. The monoisotopic (exact) mass is 279 g/mol. The van der Waals surface area contributed by atoms with Crippen LogP contribution in [0.5, 0.6) is 0 Å². The molecule has 1 saturated carbocycles. The summed E-state index contributed by atoms with van der Waals surface area (Å²) in [5.41, 5.74) is 4.50. The van der Waals surface area contributed by atoms with Crippen LogP contribution in [0.1, 0.15) is 48.5 Å².